The van der Waals surface area contributed by atoms with E-state index >= 15 is 0 Å². The number of nitrogens with zero attached hydrogens (tertiary/aromatic N) is 3. The van der Waals surface area contributed by atoms with Gasteiger partial charge in [-0.1, -0.05) is 12.5 Å². The van der Waals surface area contributed by atoms with Crippen molar-refractivity contribution in [1.82, 2.24) is 9.97 Å². The molecule has 1 aliphatic carbocycles. The zero-order valence-electron chi connectivity index (χ0n) is 16.4. The summed E-state index contributed by atoms with van der Waals surface area (Å²) < 4.78 is 13.1. The van der Waals surface area contributed by atoms with Gasteiger partial charge in [0, 0.05) is 24.3 Å². The second-order valence-corrected chi connectivity index (χ2v) is 7.36. The standard InChI is InChI=1S/C23H18FN5O2/c24-18-3-5-19(6-4-18)28-22(31)23(8-1-9-23)17-2-7-20(27-14-17)29-21(30)16-10-15(11-25)12-26-13-16/h2-7,10,12-14H,1,8-9H2,(H,28,31)(H,27,29,30). The number of pyridine rings is 2. The molecule has 31 heavy (non-hydrogen) atoms. The van der Waals surface area contributed by atoms with E-state index in [-0.39, 0.29) is 22.9 Å². The second-order valence-electron chi connectivity index (χ2n) is 7.36. The Kier molecular flexibility index (Phi) is 5.41. The maximum atomic E-state index is 13.1. The summed E-state index contributed by atoms with van der Waals surface area (Å²) in [4.78, 5) is 33.5. The van der Waals surface area contributed by atoms with E-state index in [1.54, 1.807) is 18.3 Å². The van der Waals surface area contributed by atoms with Crippen molar-refractivity contribution < 1.29 is 14.0 Å². The Labute approximate surface area is 178 Å². The van der Waals surface area contributed by atoms with Crippen LogP contribution in [0.1, 0.15) is 40.7 Å². The number of amides is 2. The van der Waals surface area contributed by atoms with Gasteiger partial charge in [0.1, 0.15) is 17.7 Å². The molecule has 7 nitrogen and oxygen atoms in total. The molecule has 1 aliphatic rings. The summed E-state index contributed by atoms with van der Waals surface area (Å²) in [5.74, 6) is -0.640. The Balaban J connectivity index is 1.48. The molecular weight excluding hydrogens is 397 g/mol. The molecule has 1 fully saturated rings. The van der Waals surface area contributed by atoms with E-state index in [4.69, 9.17) is 5.26 Å². The van der Waals surface area contributed by atoms with Gasteiger partial charge in [-0.15, -0.1) is 0 Å². The normalized spacial score (nSPS) is 14.1. The third-order valence-corrected chi connectivity index (χ3v) is 5.43. The molecule has 1 saturated carbocycles. The lowest BCUT2D eigenvalue weighted by atomic mass is 9.64. The minimum Gasteiger partial charge on any atom is -0.325 e. The lowest BCUT2D eigenvalue weighted by Gasteiger charge is -2.40. The van der Waals surface area contributed by atoms with E-state index in [0.717, 1.165) is 12.0 Å². The third kappa shape index (κ3) is 4.12. The second kappa shape index (κ2) is 8.32. The monoisotopic (exact) mass is 415 g/mol. The van der Waals surface area contributed by atoms with Crippen LogP contribution in [0.15, 0.2) is 61.1 Å². The molecule has 0 aliphatic heterocycles. The highest BCUT2D eigenvalue weighted by molar-refractivity contribution is 6.04. The smallest absolute Gasteiger partial charge is 0.258 e. The van der Waals surface area contributed by atoms with E-state index in [0.29, 0.717) is 24.3 Å². The molecule has 0 bridgehead atoms. The third-order valence-electron chi connectivity index (χ3n) is 5.43. The summed E-state index contributed by atoms with van der Waals surface area (Å²) in [6.07, 6.45) is 6.60. The zero-order chi connectivity index (χ0) is 21.8. The van der Waals surface area contributed by atoms with Crippen LogP contribution in [-0.4, -0.2) is 21.8 Å². The Morgan fingerprint density at radius 2 is 1.81 bits per heavy atom. The molecule has 4 rings (SSSR count). The number of nitrogens with one attached hydrogen (secondary N) is 2. The molecule has 2 heterocycles. The van der Waals surface area contributed by atoms with Crippen LogP contribution in [0.5, 0.6) is 0 Å². The fourth-order valence-electron chi connectivity index (χ4n) is 3.53. The molecule has 2 amide bonds. The van der Waals surface area contributed by atoms with Crippen molar-refractivity contribution in [1.29, 1.82) is 5.26 Å². The van der Waals surface area contributed by atoms with Crippen LogP contribution in [0.3, 0.4) is 0 Å². The minimum absolute atomic E-state index is 0.164. The number of halogens is 1. The summed E-state index contributed by atoms with van der Waals surface area (Å²) >= 11 is 0. The Hall–Kier alpha value is -4.12. The van der Waals surface area contributed by atoms with Gasteiger partial charge in [-0.2, -0.15) is 5.26 Å². The molecule has 0 saturated heterocycles. The Morgan fingerprint density at radius 1 is 1.03 bits per heavy atom. The molecule has 2 aromatic heterocycles. The number of anilines is 2. The van der Waals surface area contributed by atoms with Gasteiger partial charge >= 0.3 is 0 Å². The largest absolute Gasteiger partial charge is 0.325 e. The van der Waals surface area contributed by atoms with Crippen LogP contribution in [0.25, 0.3) is 0 Å². The molecule has 3 aromatic rings. The predicted molar refractivity (Wildman–Crippen MR) is 112 cm³/mol. The van der Waals surface area contributed by atoms with Crippen molar-refractivity contribution in [3.05, 3.63) is 83.6 Å². The number of hydrogen-bond donors (Lipinski definition) is 2. The summed E-state index contributed by atoms with van der Waals surface area (Å²) in [5, 5.41) is 14.5. The quantitative estimate of drug-likeness (QED) is 0.659. The van der Waals surface area contributed by atoms with Crippen molar-refractivity contribution in [2.75, 3.05) is 10.6 Å². The minimum atomic E-state index is -0.699. The number of rotatable bonds is 5. The van der Waals surface area contributed by atoms with Gasteiger partial charge in [0.25, 0.3) is 5.91 Å². The van der Waals surface area contributed by atoms with Crippen LogP contribution in [-0.2, 0) is 10.2 Å². The molecule has 0 spiro atoms. The average molecular weight is 415 g/mol. The van der Waals surface area contributed by atoms with E-state index in [1.165, 1.54) is 42.7 Å². The van der Waals surface area contributed by atoms with Gasteiger partial charge < -0.3 is 10.6 Å². The maximum absolute atomic E-state index is 13.1. The lowest BCUT2D eigenvalue weighted by molar-refractivity contribution is -0.124. The predicted octanol–water partition coefficient (Wildman–Crippen LogP) is 3.80. The molecule has 0 unspecified atom stereocenters. The summed E-state index contributed by atoms with van der Waals surface area (Å²) in [7, 11) is 0. The number of benzene rings is 1. The lowest BCUT2D eigenvalue weighted by Crippen LogP contribution is -2.46. The van der Waals surface area contributed by atoms with Gasteiger partial charge in [-0.3, -0.25) is 14.6 Å². The molecule has 2 N–H and O–H groups in total. The highest BCUT2D eigenvalue weighted by atomic mass is 19.1. The van der Waals surface area contributed by atoms with Gasteiger partial charge in [0.15, 0.2) is 0 Å². The fraction of sp³-hybridized carbons (Fsp3) is 0.174. The van der Waals surface area contributed by atoms with Crippen LogP contribution >= 0.6 is 0 Å². The van der Waals surface area contributed by atoms with Crippen molar-refractivity contribution in [2.45, 2.75) is 24.7 Å². The van der Waals surface area contributed by atoms with Crippen molar-refractivity contribution in [3.63, 3.8) is 0 Å². The van der Waals surface area contributed by atoms with Gasteiger partial charge in [0.2, 0.25) is 5.91 Å². The van der Waals surface area contributed by atoms with Crippen LogP contribution in [0, 0.1) is 17.1 Å². The highest BCUT2D eigenvalue weighted by Gasteiger charge is 2.45. The fourth-order valence-corrected chi connectivity index (χ4v) is 3.53. The molecule has 154 valence electrons. The van der Waals surface area contributed by atoms with Crippen LogP contribution in [0.2, 0.25) is 0 Å². The van der Waals surface area contributed by atoms with Crippen molar-refractivity contribution in [3.8, 4) is 6.07 Å². The summed E-state index contributed by atoms with van der Waals surface area (Å²) in [6.45, 7) is 0. The van der Waals surface area contributed by atoms with Crippen LogP contribution < -0.4 is 10.6 Å². The molecule has 1 aromatic carbocycles. The Morgan fingerprint density at radius 3 is 2.42 bits per heavy atom. The first-order chi connectivity index (χ1) is 15.0. The first kappa shape index (κ1) is 20.2. The number of nitriles is 1. The highest BCUT2D eigenvalue weighted by Crippen LogP contribution is 2.44. The average Bonchev–Trinajstić information content (AvgIpc) is 2.76. The van der Waals surface area contributed by atoms with Gasteiger partial charge in [0.05, 0.1) is 16.5 Å². The summed E-state index contributed by atoms with van der Waals surface area (Å²) in [5.41, 5.74) is 1.12. The SMILES string of the molecule is N#Cc1cncc(C(=O)Nc2ccc(C3(C(=O)Nc4ccc(F)cc4)CCC3)cn2)c1. The molecular formula is C23H18FN5O2. The molecule has 0 radical (unpaired) electrons. The van der Waals surface area contributed by atoms with Gasteiger partial charge in [-0.05, 0) is 54.8 Å². The van der Waals surface area contributed by atoms with E-state index in [2.05, 4.69) is 20.6 Å². The number of carbonyl (C=O) groups is 2. The zero-order valence-corrected chi connectivity index (χ0v) is 16.4. The van der Waals surface area contributed by atoms with Crippen molar-refractivity contribution in [2.24, 2.45) is 0 Å². The van der Waals surface area contributed by atoms with E-state index in [1.807, 2.05) is 6.07 Å². The first-order valence-electron chi connectivity index (χ1n) is 9.70. The molecule has 8 heteroatoms. The number of hydrogen-bond acceptors (Lipinski definition) is 5. The van der Waals surface area contributed by atoms with E-state index in [9.17, 15) is 14.0 Å². The summed E-state index contributed by atoms with van der Waals surface area (Å²) in [6, 6.07) is 12.4. The number of aromatic nitrogens is 2. The Bertz CT molecular complexity index is 1170. The molecule has 0 atom stereocenters. The van der Waals surface area contributed by atoms with Crippen LogP contribution in [0.4, 0.5) is 15.9 Å². The van der Waals surface area contributed by atoms with E-state index < -0.39 is 11.3 Å². The first-order valence-corrected chi connectivity index (χ1v) is 9.70. The number of carbonyl (C=O) groups excluding carboxylic acids is 2. The van der Waals surface area contributed by atoms with Gasteiger partial charge in [-0.25, -0.2) is 9.37 Å². The topological polar surface area (TPSA) is 108 Å². The van der Waals surface area contributed by atoms with Crippen molar-refractivity contribution >= 4 is 23.3 Å². The maximum Gasteiger partial charge on any atom is 0.258 e.